The number of sulfonamides is 1. The largest absolute Gasteiger partial charge is 0.276 e. The zero-order valence-electron chi connectivity index (χ0n) is 11.4. The first-order valence-electron chi connectivity index (χ1n) is 6.02. The van der Waals surface area contributed by atoms with Crippen LogP contribution in [0, 0.1) is 20.8 Å². The quantitative estimate of drug-likeness (QED) is 0.883. The third-order valence-corrected chi connectivity index (χ3v) is 4.67. The van der Waals surface area contributed by atoms with Crippen molar-refractivity contribution in [3.05, 3.63) is 52.3 Å². The second-order valence-electron chi connectivity index (χ2n) is 4.73. The molecule has 20 heavy (non-hydrogen) atoms. The Morgan fingerprint density at radius 2 is 1.80 bits per heavy atom. The molecule has 2 rings (SSSR count). The fourth-order valence-corrected chi connectivity index (χ4v) is 3.42. The number of benzene rings is 1. The summed E-state index contributed by atoms with van der Waals surface area (Å²) < 4.78 is 27.3. The third kappa shape index (κ3) is 3.11. The van der Waals surface area contributed by atoms with E-state index in [9.17, 15) is 8.42 Å². The molecule has 0 fully saturated rings. The van der Waals surface area contributed by atoms with E-state index in [1.165, 1.54) is 0 Å². The Morgan fingerprint density at radius 3 is 2.45 bits per heavy atom. The Kier molecular flexibility index (Phi) is 4.01. The van der Waals surface area contributed by atoms with Crippen LogP contribution in [0.15, 0.2) is 35.4 Å². The molecule has 0 radical (unpaired) electrons. The fraction of sp³-hybridized carbons (Fsp3) is 0.214. The summed E-state index contributed by atoms with van der Waals surface area (Å²) in [5, 5.41) is 0.129. The van der Waals surface area contributed by atoms with Gasteiger partial charge in [-0.1, -0.05) is 29.3 Å². The van der Waals surface area contributed by atoms with E-state index in [-0.39, 0.29) is 15.7 Å². The maximum atomic E-state index is 12.4. The molecule has 1 aromatic carbocycles. The second-order valence-corrected chi connectivity index (χ2v) is 6.73. The number of nitrogens with zero attached hydrogens (tertiary/aromatic N) is 1. The standard InChI is InChI=1S/C14H15ClN2O2S/c1-9-4-5-13(11(3)6-9)20(18,19)17-12-7-10(2)8-16-14(12)15/h4-8,17H,1-3H3. The molecular formula is C14H15ClN2O2S. The molecule has 0 bridgehead atoms. The predicted octanol–water partition coefficient (Wildman–Crippen LogP) is 3.46. The molecule has 0 aliphatic heterocycles. The molecule has 0 atom stereocenters. The van der Waals surface area contributed by atoms with E-state index in [1.807, 2.05) is 19.9 Å². The summed E-state index contributed by atoms with van der Waals surface area (Å²) in [4.78, 5) is 4.17. The van der Waals surface area contributed by atoms with Crippen molar-refractivity contribution in [1.82, 2.24) is 4.98 Å². The van der Waals surface area contributed by atoms with Crippen LogP contribution in [0.25, 0.3) is 0 Å². The average molecular weight is 311 g/mol. The Hall–Kier alpha value is -1.59. The highest BCUT2D eigenvalue weighted by molar-refractivity contribution is 7.92. The number of pyridine rings is 1. The summed E-state index contributed by atoms with van der Waals surface area (Å²) in [5.74, 6) is 0. The smallest absolute Gasteiger partial charge is 0.262 e. The van der Waals surface area contributed by atoms with Gasteiger partial charge in [0.25, 0.3) is 10.0 Å². The van der Waals surface area contributed by atoms with Gasteiger partial charge in [-0.05, 0) is 44.0 Å². The molecule has 6 heteroatoms. The van der Waals surface area contributed by atoms with Crippen molar-refractivity contribution in [3.8, 4) is 0 Å². The minimum atomic E-state index is -3.67. The Balaban J connectivity index is 2.43. The highest BCUT2D eigenvalue weighted by atomic mass is 35.5. The molecule has 106 valence electrons. The van der Waals surface area contributed by atoms with Crippen molar-refractivity contribution < 1.29 is 8.42 Å². The van der Waals surface area contributed by atoms with Gasteiger partial charge in [-0.15, -0.1) is 0 Å². The molecule has 0 aliphatic carbocycles. The summed E-state index contributed by atoms with van der Waals surface area (Å²) in [6.07, 6.45) is 1.58. The van der Waals surface area contributed by atoms with Crippen LogP contribution in [0.2, 0.25) is 5.15 Å². The number of hydrogen-bond donors (Lipinski definition) is 1. The lowest BCUT2D eigenvalue weighted by Gasteiger charge is -2.12. The molecule has 0 saturated heterocycles. The third-order valence-electron chi connectivity index (χ3n) is 2.84. The minimum Gasteiger partial charge on any atom is -0.276 e. The minimum absolute atomic E-state index is 0.129. The molecule has 0 amide bonds. The van der Waals surface area contributed by atoms with Gasteiger partial charge in [0, 0.05) is 6.20 Å². The second kappa shape index (κ2) is 5.42. The first kappa shape index (κ1) is 14.8. The van der Waals surface area contributed by atoms with Gasteiger partial charge in [0.2, 0.25) is 0 Å². The molecule has 0 aliphatic rings. The van der Waals surface area contributed by atoms with E-state index >= 15 is 0 Å². The zero-order chi connectivity index (χ0) is 14.9. The van der Waals surface area contributed by atoms with Gasteiger partial charge in [-0.2, -0.15) is 0 Å². The fourth-order valence-electron chi connectivity index (χ4n) is 1.92. The van der Waals surface area contributed by atoms with E-state index in [1.54, 1.807) is 31.3 Å². The lowest BCUT2D eigenvalue weighted by atomic mass is 10.2. The average Bonchev–Trinajstić information content (AvgIpc) is 2.33. The number of aromatic nitrogens is 1. The summed E-state index contributed by atoms with van der Waals surface area (Å²) in [6, 6.07) is 6.82. The maximum Gasteiger partial charge on any atom is 0.262 e. The van der Waals surface area contributed by atoms with Gasteiger partial charge in [-0.25, -0.2) is 13.4 Å². The summed E-state index contributed by atoms with van der Waals surface area (Å²) in [6.45, 7) is 5.49. The lowest BCUT2D eigenvalue weighted by molar-refractivity contribution is 0.600. The van der Waals surface area contributed by atoms with Crippen LogP contribution in [0.1, 0.15) is 16.7 Å². The van der Waals surface area contributed by atoms with Gasteiger partial charge in [0.15, 0.2) is 5.15 Å². The number of nitrogens with one attached hydrogen (secondary N) is 1. The summed E-state index contributed by atoms with van der Waals surface area (Å²) in [7, 11) is -3.67. The highest BCUT2D eigenvalue weighted by Crippen LogP contribution is 2.25. The van der Waals surface area contributed by atoms with E-state index in [0.717, 1.165) is 11.1 Å². The number of anilines is 1. The predicted molar refractivity (Wildman–Crippen MR) is 80.7 cm³/mol. The Bertz CT molecular complexity index is 758. The van der Waals surface area contributed by atoms with Gasteiger partial charge >= 0.3 is 0 Å². The molecule has 0 saturated carbocycles. The normalized spacial score (nSPS) is 11.4. The maximum absolute atomic E-state index is 12.4. The first-order chi connectivity index (χ1) is 9.29. The SMILES string of the molecule is Cc1ccc(S(=O)(=O)Nc2cc(C)cnc2Cl)c(C)c1. The van der Waals surface area contributed by atoms with E-state index < -0.39 is 10.0 Å². The van der Waals surface area contributed by atoms with Crippen LogP contribution in [0.3, 0.4) is 0 Å². The van der Waals surface area contributed by atoms with Crippen LogP contribution >= 0.6 is 11.6 Å². The molecule has 1 N–H and O–H groups in total. The summed E-state index contributed by atoms with van der Waals surface area (Å²) in [5.41, 5.74) is 2.81. The van der Waals surface area contributed by atoms with Crippen LogP contribution in [-0.2, 0) is 10.0 Å². The van der Waals surface area contributed by atoms with Crippen molar-refractivity contribution in [2.75, 3.05) is 4.72 Å². The monoisotopic (exact) mass is 310 g/mol. The Labute approximate surface area is 123 Å². The van der Waals surface area contributed by atoms with Crippen molar-refractivity contribution in [2.24, 2.45) is 0 Å². The number of hydrogen-bond acceptors (Lipinski definition) is 3. The molecule has 0 unspecified atom stereocenters. The number of rotatable bonds is 3. The van der Waals surface area contributed by atoms with Gasteiger partial charge in [0.05, 0.1) is 10.6 Å². The van der Waals surface area contributed by atoms with Crippen LogP contribution in [0.5, 0.6) is 0 Å². The van der Waals surface area contributed by atoms with Crippen LogP contribution in [0.4, 0.5) is 5.69 Å². The van der Waals surface area contributed by atoms with Crippen LogP contribution < -0.4 is 4.72 Å². The molecular weight excluding hydrogens is 296 g/mol. The molecule has 2 aromatic rings. The molecule has 0 spiro atoms. The topological polar surface area (TPSA) is 59.1 Å². The molecule has 1 heterocycles. The van der Waals surface area contributed by atoms with Gasteiger partial charge in [0.1, 0.15) is 0 Å². The van der Waals surface area contributed by atoms with Crippen molar-refractivity contribution in [3.63, 3.8) is 0 Å². The Morgan fingerprint density at radius 1 is 1.10 bits per heavy atom. The highest BCUT2D eigenvalue weighted by Gasteiger charge is 2.18. The van der Waals surface area contributed by atoms with E-state index in [0.29, 0.717) is 5.56 Å². The molecule has 4 nitrogen and oxygen atoms in total. The van der Waals surface area contributed by atoms with Gasteiger partial charge < -0.3 is 0 Å². The molecule has 1 aromatic heterocycles. The van der Waals surface area contributed by atoms with Gasteiger partial charge in [-0.3, -0.25) is 4.72 Å². The van der Waals surface area contributed by atoms with Crippen molar-refractivity contribution in [1.29, 1.82) is 0 Å². The van der Waals surface area contributed by atoms with E-state index in [2.05, 4.69) is 9.71 Å². The summed E-state index contributed by atoms with van der Waals surface area (Å²) >= 11 is 5.92. The number of aryl methyl sites for hydroxylation is 3. The lowest BCUT2D eigenvalue weighted by Crippen LogP contribution is -2.15. The first-order valence-corrected chi connectivity index (χ1v) is 7.88. The van der Waals surface area contributed by atoms with Crippen molar-refractivity contribution in [2.45, 2.75) is 25.7 Å². The van der Waals surface area contributed by atoms with Crippen molar-refractivity contribution >= 4 is 27.3 Å². The van der Waals surface area contributed by atoms with Crippen LogP contribution in [-0.4, -0.2) is 13.4 Å². The zero-order valence-corrected chi connectivity index (χ0v) is 13.0. The van der Waals surface area contributed by atoms with E-state index in [4.69, 9.17) is 11.6 Å². The number of halogens is 1.